The van der Waals surface area contributed by atoms with Crippen molar-refractivity contribution < 1.29 is 0 Å². The third-order valence-corrected chi connectivity index (χ3v) is 1.93. The fraction of sp³-hybridized carbons (Fsp3) is 0.667. The molecule has 0 fully saturated rings. The van der Waals surface area contributed by atoms with Gasteiger partial charge in [-0.15, -0.1) is 11.6 Å². The van der Waals surface area contributed by atoms with Gasteiger partial charge in [-0.25, -0.2) is 0 Å². The van der Waals surface area contributed by atoms with Gasteiger partial charge in [-0.3, -0.25) is 5.41 Å². The molecular formula is C6H9Cl2N. The maximum atomic E-state index is 6.67. The predicted molar refractivity (Wildman–Crippen MR) is 41.6 cm³/mol. The van der Waals surface area contributed by atoms with Crippen LogP contribution in [0.3, 0.4) is 0 Å². The number of hydrogen-bond donors (Lipinski definition) is 1. The summed E-state index contributed by atoms with van der Waals surface area (Å²) in [6, 6.07) is 0. The van der Waals surface area contributed by atoms with Crippen molar-refractivity contribution in [2.45, 2.75) is 13.3 Å². The quantitative estimate of drug-likeness (QED) is 0.492. The summed E-state index contributed by atoms with van der Waals surface area (Å²) in [6.07, 6.45) is 0.869. The maximum Gasteiger partial charge on any atom is 0.0828 e. The van der Waals surface area contributed by atoms with Crippen molar-refractivity contribution in [2.75, 3.05) is 5.88 Å². The maximum absolute atomic E-state index is 6.67. The first-order chi connectivity index (χ1) is 4.26. The highest BCUT2D eigenvalue weighted by atomic mass is 35.5. The van der Waals surface area contributed by atoms with E-state index < -0.39 is 0 Å². The van der Waals surface area contributed by atoms with Crippen molar-refractivity contribution >= 4 is 29.1 Å². The molecule has 52 valence electrons. The van der Waals surface area contributed by atoms with E-state index in [2.05, 4.69) is 5.87 Å². The Bertz CT molecular complexity index is 123. The average molecular weight is 166 g/mol. The lowest BCUT2D eigenvalue weighted by Gasteiger charge is -2.04. The molecule has 0 rings (SSSR count). The minimum atomic E-state index is 0.117. The number of rotatable bonds is 3. The van der Waals surface area contributed by atoms with E-state index in [1.54, 1.807) is 0 Å². The van der Waals surface area contributed by atoms with Crippen LogP contribution in [-0.2, 0) is 0 Å². The minimum absolute atomic E-state index is 0.117. The Morgan fingerprint density at radius 2 is 2.33 bits per heavy atom. The Kier molecular flexibility index (Phi) is 4.88. The van der Waals surface area contributed by atoms with Crippen molar-refractivity contribution in [2.24, 2.45) is 5.92 Å². The van der Waals surface area contributed by atoms with Crippen LogP contribution in [0, 0.1) is 11.3 Å². The van der Waals surface area contributed by atoms with Crippen LogP contribution in [0.15, 0.2) is 5.03 Å². The second kappa shape index (κ2) is 4.87. The van der Waals surface area contributed by atoms with Gasteiger partial charge in [0.15, 0.2) is 0 Å². The molecule has 9 heavy (non-hydrogen) atoms. The molecule has 0 aromatic rings. The molecule has 0 aromatic heterocycles. The zero-order valence-electron chi connectivity index (χ0n) is 5.25. The topological polar surface area (TPSA) is 23.9 Å². The van der Waals surface area contributed by atoms with Gasteiger partial charge < -0.3 is 0 Å². The van der Waals surface area contributed by atoms with Crippen LogP contribution in [0.25, 0.3) is 0 Å². The van der Waals surface area contributed by atoms with E-state index in [0.717, 1.165) is 6.42 Å². The molecule has 0 aliphatic carbocycles. The molecule has 0 radical (unpaired) electrons. The predicted octanol–water partition coefficient (Wildman–Crippen LogP) is 2.62. The van der Waals surface area contributed by atoms with Gasteiger partial charge in [0.2, 0.25) is 0 Å². The van der Waals surface area contributed by atoms with Crippen LogP contribution in [0.2, 0.25) is 0 Å². The summed E-state index contributed by atoms with van der Waals surface area (Å²) in [5.74, 6) is 2.70. The van der Waals surface area contributed by atoms with Crippen LogP contribution in [0.5, 0.6) is 0 Å². The second-order valence-corrected chi connectivity index (χ2v) is 2.45. The molecule has 1 atom stereocenters. The highest BCUT2D eigenvalue weighted by Gasteiger charge is 2.07. The van der Waals surface area contributed by atoms with Gasteiger partial charge in [0, 0.05) is 11.8 Å². The number of hydrogen-bond acceptors (Lipinski definition) is 1. The monoisotopic (exact) mass is 165 g/mol. The lowest BCUT2D eigenvalue weighted by atomic mass is 10.1. The largest absolute Gasteiger partial charge is 0.258 e. The molecule has 1 N–H and O–H groups in total. The number of alkyl halides is 1. The Hall–Kier alpha value is 0.0300. The molecule has 0 saturated heterocycles. The van der Waals surface area contributed by atoms with E-state index in [1.165, 1.54) is 0 Å². The van der Waals surface area contributed by atoms with E-state index in [4.69, 9.17) is 28.6 Å². The fourth-order valence-electron chi connectivity index (χ4n) is 0.458. The number of nitrogens with one attached hydrogen (secondary N) is 1. The third-order valence-electron chi connectivity index (χ3n) is 1.16. The molecule has 0 spiro atoms. The summed E-state index contributed by atoms with van der Waals surface area (Å²) in [5.41, 5.74) is 0. The molecule has 1 nitrogen and oxygen atoms in total. The Morgan fingerprint density at radius 3 is 2.44 bits per heavy atom. The molecule has 1 unspecified atom stereocenters. The summed E-state index contributed by atoms with van der Waals surface area (Å²) in [7, 11) is 0. The number of allylic oxidation sites excluding steroid dienone is 1. The lowest BCUT2D eigenvalue weighted by Crippen LogP contribution is -2.00. The molecular weight excluding hydrogens is 157 g/mol. The van der Waals surface area contributed by atoms with Crippen LogP contribution < -0.4 is 0 Å². The van der Waals surface area contributed by atoms with Gasteiger partial charge in [0.05, 0.1) is 5.03 Å². The van der Waals surface area contributed by atoms with Crippen molar-refractivity contribution in [1.29, 1.82) is 5.41 Å². The van der Waals surface area contributed by atoms with Gasteiger partial charge >= 0.3 is 0 Å². The van der Waals surface area contributed by atoms with Crippen molar-refractivity contribution in [1.82, 2.24) is 0 Å². The van der Waals surface area contributed by atoms with Gasteiger partial charge in [-0.2, -0.15) is 0 Å². The van der Waals surface area contributed by atoms with Crippen LogP contribution in [0.4, 0.5) is 0 Å². The SMILES string of the molecule is CCC(CCl)C(Cl)=C=N. The zero-order chi connectivity index (χ0) is 7.28. The molecule has 0 bridgehead atoms. The Morgan fingerprint density at radius 1 is 1.78 bits per heavy atom. The first-order valence-corrected chi connectivity index (χ1v) is 3.68. The van der Waals surface area contributed by atoms with Crippen LogP contribution >= 0.6 is 23.2 Å². The minimum Gasteiger partial charge on any atom is -0.258 e. The van der Waals surface area contributed by atoms with E-state index in [-0.39, 0.29) is 5.92 Å². The van der Waals surface area contributed by atoms with E-state index in [1.807, 2.05) is 6.92 Å². The molecule has 0 aliphatic heterocycles. The third kappa shape index (κ3) is 2.90. The van der Waals surface area contributed by atoms with Crippen molar-refractivity contribution in [3.63, 3.8) is 0 Å². The summed E-state index contributed by atoms with van der Waals surface area (Å²) < 4.78 is 0. The first kappa shape index (κ1) is 9.03. The van der Waals surface area contributed by atoms with Crippen LogP contribution in [0.1, 0.15) is 13.3 Å². The van der Waals surface area contributed by atoms with Gasteiger partial charge in [0.1, 0.15) is 0 Å². The van der Waals surface area contributed by atoms with E-state index in [0.29, 0.717) is 10.9 Å². The first-order valence-electron chi connectivity index (χ1n) is 2.77. The van der Waals surface area contributed by atoms with Gasteiger partial charge in [-0.05, 0) is 12.3 Å². The summed E-state index contributed by atoms with van der Waals surface area (Å²) >= 11 is 11.1. The van der Waals surface area contributed by atoms with Gasteiger partial charge in [-0.1, -0.05) is 18.5 Å². The molecule has 0 heterocycles. The van der Waals surface area contributed by atoms with E-state index in [9.17, 15) is 0 Å². The fourth-order valence-corrected chi connectivity index (χ4v) is 1.14. The zero-order valence-corrected chi connectivity index (χ0v) is 6.76. The molecule has 0 amide bonds. The molecule has 0 aromatic carbocycles. The molecule has 3 heteroatoms. The smallest absolute Gasteiger partial charge is 0.0828 e. The van der Waals surface area contributed by atoms with Gasteiger partial charge in [0.25, 0.3) is 0 Å². The second-order valence-electron chi connectivity index (χ2n) is 1.73. The Balaban J connectivity index is 3.95. The van der Waals surface area contributed by atoms with Crippen molar-refractivity contribution in [3.05, 3.63) is 5.03 Å². The average Bonchev–Trinajstić information content (AvgIpc) is 1.90. The van der Waals surface area contributed by atoms with Crippen molar-refractivity contribution in [3.8, 4) is 0 Å². The Labute approximate surface area is 65.2 Å². The lowest BCUT2D eigenvalue weighted by molar-refractivity contribution is 0.698. The standard InChI is InChI=1S/C6H9Cl2N/c1-2-5(3-7)6(8)4-9/h5,9H,2-3H2,1H3. The normalized spacial score (nSPS) is 12.3. The molecule has 0 saturated carbocycles. The number of halogens is 2. The van der Waals surface area contributed by atoms with Crippen LogP contribution in [-0.4, -0.2) is 11.7 Å². The van der Waals surface area contributed by atoms with E-state index >= 15 is 0 Å². The highest BCUT2D eigenvalue weighted by Crippen LogP contribution is 2.17. The summed E-state index contributed by atoms with van der Waals surface area (Å²) in [6.45, 7) is 1.98. The highest BCUT2D eigenvalue weighted by molar-refractivity contribution is 6.34. The summed E-state index contributed by atoms with van der Waals surface area (Å²) in [4.78, 5) is 0. The summed E-state index contributed by atoms with van der Waals surface area (Å²) in [5, 5.41) is 7.09. The molecule has 0 aliphatic rings.